The number of hydrogen-bond donors (Lipinski definition) is 3. The molecule has 0 aliphatic heterocycles. The predicted molar refractivity (Wildman–Crippen MR) is 49.8 cm³/mol. The number of nitrogens with zero attached hydrogens (tertiary/aromatic N) is 1. The maximum absolute atomic E-state index is 10.7. The van der Waals surface area contributed by atoms with Crippen LogP contribution >= 0.6 is 12.2 Å². The highest BCUT2D eigenvalue weighted by Crippen LogP contribution is 2.09. The van der Waals surface area contributed by atoms with E-state index < -0.39 is 0 Å². The maximum atomic E-state index is 10.7. The highest BCUT2D eigenvalue weighted by molar-refractivity contribution is 7.71. The number of aromatic amines is 3. The van der Waals surface area contributed by atoms with Gasteiger partial charge < -0.3 is 4.98 Å². The maximum Gasteiger partial charge on any atom is 0.247 e. The molecule has 2 heterocycles. The summed E-state index contributed by atoms with van der Waals surface area (Å²) in [5.41, 5.74) is 0.643. The molecule has 0 fully saturated rings. The SMILES string of the molecule is O=c1ccc(-c2nc(=S)[nH][nH]2)c[nH]1. The fraction of sp³-hybridized carbons (Fsp3) is 0. The molecule has 2 aromatic heterocycles. The minimum absolute atomic E-state index is 0.141. The van der Waals surface area contributed by atoms with Crippen molar-refractivity contribution in [1.29, 1.82) is 0 Å². The summed E-state index contributed by atoms with van der Waals surface area (Å²) in [7, 11) is 0. The summed E-state index contributed by atoms with van der Waals surface area (Å²) in [6.07, 6.45) is 1.57. The molecule has 0 aliphatic rings. The van der Waals surface area contributed by atoms with E-state index in [1.807, 2.05) is 0 Å². The second-order valence-electron chi connectivity index (χ2n) is 2.46. The number of pyridine rings is 1. The van der Waals surface area contributed by atoms with Crippen molar-refractivity contribution in [2.45, 2.75) is 0 Å². The molecular formula is C7H6N4OS. The monoisotopic (exact) mass is 194 g/mol. The fourth-order valence-corrected chi connectivity index (χ4v) is 1.11. The molecule has 2 rings (SSSR count). The van der Waals surface area contributed by atoms with Gasteiger partial charge >= 0.3 is 0 Å². The van der Waals surface area contributed by atoms with Gasteiger partial charge in [0.15, 0.2) is 5.82 Å². The fourth-order valence-electron chi connectivity index (χ4n) is 0.965. The summed E-state index contributed by atoms with van der Waals surface area (Å²) in [6.45, 7) is 0. The van der Waals surface area contributed by atoms with E-state index in [4.69, 9.17) is 12.2 Å². The molecule has 66 valence electrons. The van der Waals surface area contributed by atoms with Gasteiger partial charge in [-0.1, -0.05) is 0 Å². The van der Waals surface area contributed by atoms with Gasteiger partial charge in [-0.25, -0.2) is 0 Å². The van der Waals surface area contributed by atoms with Gasteiger partial charge in [0, 0.05) is 17.8 Å². The summed E-state index contributed by atoms with van der Waals surface area (Å²) in [5.74, 6) is 0.612. The van der Waals surface area contributed by atoms with Crippen LogP contribution in [0, 0.1) is 4.77 Å². The van der Waals surface area contributed by atoms with E-state index in [9.17, 15) is 4.79 Å². The van der Waals surface area contributed by atoms with Gasteiger partial charge in [0.2, 0.25) is 10.3 Å². The molecule has 13 heavy (non-hydrogen) atoms. The van der Waals surface area contributed by atoms with E-state index in [1.165, 1.54) is 6.07 Å². The van der Waals surface area contributed by atoms with Crippen molar-refractivity contribution in [2.24, 2.45) is 0 Å². The Hall–Kier alpha value is -1.69. The Balaban J connectivity index is 2.53. The molecule has 0 spiro atoms. The third-order valence-electron chi connectivity index (χ3n) is 1.56. The van der Waals surface area contributed by atoms with Crippen LogP contribution in [0.3, 0.4) is 0 Å². The summed E-state index contributed by atoms with van der Waals surface area (Å²) in [5, 5.41) is 5.45. The van der Waals surface area contributed by atoms with Crippen molar-refractivity contribution in [2.75, 3.05) is 0 Å². The minimum atomic E-state index is -0.141. The molecule has 3 N–H and O–H groups in total. The zero-order chi connectivity index (χ0) is 9.26. The second-order valence-corrected chi connectivity index (χ2v) is 2.84. The second kappa shape index (κ2) is 2.98. The Morgan fingerprint density at radius 3 is 2.69 bits per heavy atom. The third kappa shape index (κ3) is 1.57. The number of aromatic nitrogens is 4. The van der Waals surface area contributed by atoms with Crippen LogP contribution in [0.15, 0.2) is 23.1 Å². The minimum Gasteiger partial charge on any atom is -0.328 e. The van der Waals surface area contributed by atoms with Crippen LogP contribution in [0.1, 0.15) is 0 Å². The lowest BCUT2D eigenvalue weighted by atomic mass is 10.3. The van der Waals surface area contributed by atoms with Crippen LogP contribution < -0.4 is 5.56 Å². The van der Waals surface area contributed by atoms with Crippen LogP contribution in [-0.2, 0) is 0 Å². The van der Waals surface area contributed by atoms with Crippen LogP contribution in [-0.4, -0.2) is 20.2 Å². The lowest BCUT2D eigenvalue weighted by Gasteiger charge is -1.92. The first-order chi connectivity index (χ1) is 6.25. The summed E-state index contributed by atoms with van der Waals surface area (Å²) in [6, 6.07) is 3.10. The first-order valence-corrected chi connectivity index (χ1v) is 4.00. The Morgan fingerprint density at radius 1 is 1.31 bits per heavy atom. The molecule has 2 aromatic rings. The third-order valence-corrected chi connectivity index (χ3v) is 1.75. The predicted octanol–water partition coefficient (Wildman–Crippen LogP) is 0.823. The molecule has 0 amide bonds. The highest BCUT2D eigenvalue weighted by Gasteiger charge is 1.99. The van der Waals surface area contributed by atoms with Gasteiger partial charge in [0.05, 0.1) is 0 Å². The van der Waals surface area contributed by atoms with E-state index in [0.717, 1.165) is 5.56 Å². The Bertz CT molecular complexity index is 503. The van der Waals surface area contributed by atoms with E-state index >= 15 is 0 Å². The lowest BCUT2D eigenvalue weighted by Crippen LogP contribution is -2.01. The topological polar surface area (TPSA) is 77.3 Å². The lowest BCUT2D eigenvalue weighted by molar-refractivity contribution is 1.08. The van der Waals surface area contributed by atoms with E-state index in [1.54, 1.807) is 12.3 Å². The number of nitrogens with one attached hydrogen (secondary N) is 3. The largest absolute Gasteiger partial charge is 0.328 e. The van der Waals surface area contributed by atoms with Crippen molar-refractivity contribution < 1.29 is 0 Å². The smallest absolute Gasteiger partial charge is 0.247 e. The van der Waals surface area contributed by atoms with Crippen molar-refractivity contribution in [3.05, 3.63) is 33.5 Å². The summed E-state index contributed by atoms with van der Waals surface area (Å²) in [4.78, 5) is 17.3. The Morgan fingerprint density at radius 2 is 2.15 bits per heavy atom. The number of hydrogen-bond acceptors (Lipinski definition) is 3. The molecule has 0 aliphatic carbocycles. The molecular weight excluding hydrogens is 188 g/mol. The van der Waals surface area contributed by atoms with Crippen molar-refractivity contribution in [1.82, 2.24) is 20.2 Å². The molecule has 0 bridgehead atoms. The number of H-pyrrole nitrogens is 3. The van der Waals surface area contributed by atoms with Crippen molar-refractivity contribution in [3.63, 3.8) is 0 Å². The summed E-state index contributed by atoms with van der Waals surface area (Å²) >= 11 is 4.79. The highest BCUT2D eigenvalue weighted by atomic mass is 32.1. The molecule has 0 unspecified atom stereocenters. The van der Waals surface area contributed by atoms with Gasteiger partial charge in [-0.3, -0.25) is 15.0 Å². The first kappa shape index (κ1) is 7.93. The number of rotatable bonds is 1. The van der Waals surface area contributed by atoms with Gasteiger partial charge in [-0.15, -0.1) is 0 Å². The van der Waals surface area contributed by atoms with Gasteiger partial charge in [-0.2, -0.15) is 4.98 Å². The van der Waals surface area contributed by atoms with Crippen LogP contribution in [0.2, 0.25) is 0 Å². The molecule has 6 heteroatoms. The standard InChI is InChI=1S/C7H6N4OS/c12-5-2-1-4(3-8-5)6-9-7(13)11-10-6/h1-3H,(H,8,12)(H2,9,10,11,13). The molecule has 0 saturated heterocycles. The van der Waals surface area contributed by atoms with Crippen LogP contribution in [0.4, 0.5) is 0 Å². The van der Waals surface area contributed by atoms with Crippen LogP contribution in [0.25, 0.3) is 11.4 Å². The molecule has 0 radical (unpaired) electrons. The average molecular weight is 194 g/mol. The quantitative estimate of drug-likeness (QED) is 0.588. The molecule has 0 saturated carbocycles. The zero-order valence-corrected chi connectivity index (χ0v) is 7.31. The van der Waals surface area contributed by atoms with E-state index in [0.29, 0.717) is 10.6 Å². The Labute approximate surface area is 77.8 Å². The van der Waals surface area contributed by atoms with Crippen molar-refractivity contribution in [3.8, 4) is 11.4 Å². The van der Waals surface area contributed by atoms with Crippen molar-refractivity contribution >= 4 is 12.2 Å². The molecule has 0 aromatic carbocycles. The van der Waals surface area contributed by atoms with Gasteiger partial charge in [0.25, 0.3) is 0 Å². The van der Waals surface area contributed by atoms with Crippen LogP contribution in [0.5, 0.6) is 0 Å². The van der Waals surface area contributed by atoms with Gasteiger partial charge in [0.1, 0.15) is 0 Å². The van der Waals surface area contributed by atoms with Gasteiger partial charge in [-0.05, 0) is 18.3 Å². The molecule has 5 nitrogen and oxygen atoms in total. The Kier molecular flexibility index (Phi) is 1.82. The average Bonchev–Trinajstić information content (AvgIpc) is 2.53. The zero-order valence-electron chi connectivity index (χ0n) is 6.50. The van der Waals surface area contributed by atoms with E-state index in [-0.39, 0.29) is 5.56 Å². The first-order valence-electron chi connectivity index (χ1n) is 3.59. The van der Waals surface area contributed by atoms with E-state index in [2.05, 4.69) is 20.2 Å². The normalized spacial score (nSPS) is 10.2. The molecule has 0 atom stereocenters. The summed E-state index contributed by atoms with van der Waals surface area (Å²) < 4.78 is 0.390.